The van der Waals surface area contributed by atoms with Gasteiger partial charge in [0.25, 0.3) is 0 Å². The molecule has 16 nitrogen and oxygen atoms in total. The Labute approximate surface area is 339 Å². The second-order valence-corrected chi connectivity index (χ2v) is 12.9. The SMILES string of the molecule is C=CC(=O)OCc1ccc(OP(=O)(Oc2ccc(COC(=O)C=C)cc2COC(=O)C=C)Oc2ccc(COC(=O)C=C)cc2COC(=O)C=C)c(COC(=O)C=C)c1. The van der Waals surface area contributed by atoms with Crippen LogP contribution in [0.15, 0.2) is 131 Å². The molecule has 0 saturated carbocycles. The van der Waals surface area contributed by atoms with E-state index in [0.717, 1.165) is 36.5 Å². The molecular formula is C42H39O16P. The van der Waals surface area contributed by atoms with Crippen molar-refractivity contribution in [2.45, 2.75) is 39.6 Å². The third-order valence-electron chi connectivity index (χ3n) is 7.26. The van der Waals surface area contributed by atoms with Crippen LogP contribution in [-0.2, 0) is 101 Å². The van der Waals surface area contributed by atoms with Crippen molar-refractivity contribution < 1.29 is 75.3 Å². The Morgan fingerprint density at radius 2 is 0.610 bits per heavy atom. The Hall–Kier alpha value is -7.45. The van der Waals surface area contributed by atoms with Crippen LogP contribution >= 0.6 is 7.82 Å². The minimum atomic E-state index is -5.06. The fraction of sp³-hybridized carbons (Fsp3) is 0.143. The average molecular weight is 831 g/mol. The number of phosphoric acid groups is 1. The molecule has 17 heteroatoms. The Balaban J connectivity index is 2.21. The molecule has 0 amide bonds. The summed E-state index contributed by atoms with van der Waals surface area (Å²) in [4.78, 5) is 71.5. The Bertz CT molecular complexity index is 1940. The van der Waals surface area contributed by atoms with E-state index in [4.69, 9.17) is 42.0 Å². The fourth-order valence-electron chi connectivity index (χ4n) is 4.45. The topological polar surface area (TPSA) is 203 Å². The van der Waals surface area contributed by atoms with E-state index in [1.807, 2.05) is 0 Å². The maximum Gasteiger partial charge on any atom is 0.647 e. The van der Waals surface area contributed by atoms with Gasteiger partial charge < -0.3 is 42.0 Å². The van der Waals surface area contributed by atoms with Crippen LogP contribution in [0.25, 0.3) is 0 Å². The minimum Gasteiger partial charge on any atom is -0.458 e. The Morgan fingerprint density at radius 3 is 0.831 bits per heavy atom. The molecule has 0 heterocycles. The third kappa shape index (κ3) is 15.2. The van der Waals surface area contributed by atoms with E-state index in [1.165, 1.54) is 54.6 Å². The summed E-state index contributed by atoms with van der Waals surface area (Å²) in [5, 5.41) is 0. The van der Waals surface area contributed by atoms with Crippen LogP contribution in [0.5, 0.6) is 17.2 Å². The van der Waals surface area contributed by atoms with Gasteiger partial charge in [0.2, 0.25) is 0 Å². The minimum absolute atomic E-state index is 0.0961. The molecule has 308 valence electrons. The van der Waals surface area contributed by atoms with Crippen molar-refractivity contribution in [1.29, 1.82) is 0 Å². The first-order valence-corrected chi connectivity index (χ1v) is 18.5. The Morgan fingerprint density at radius 1 is 0.390 bits per heavy atom. The summed E-state index contributed by atoms with van der Waals surface area (Å²) in [5.41, 5.74) is 1.47. The van der Waals surface area contributed by atoms with Crippen LogP contribution in [0.2, 0.25) is 0 Å². The second kappa shape index (κ2) is 22.9. The number of benzene rings is 3. The first-order chi connectivity index (χ1) is 28.2. The number of ether oxygens (including phenoxy) is 6. The van der Waals surface area contributed by atoms with Gasteiger partial charge in [0, 0.05) is 53.1 Å². The normalized spacial score (nSPS) is 10.3. The van der Waals surface area contributed by atoms with E-state index < -0.39 is 63.5 Å². The smallest absolute Gasteiger partial charge is 0.458 e. The van der Waals surface area contributed by atoms with E-state index >= 15 is 4.57 Å². The maximum atomic E-state index is 15.1. The number of phosphoric ester groups is 1. The van der Waals surface area contributed by atoms with Gasteiger partial charge in [-0.05, 0) is 53.1 Å². The fourth-order valence-corrected chi connectivity index (χ4v) is 5.82. The zero-order chi connectivity index (χ0) is 43.4. The van der Waals surface area contributed by atoms with E-state index in [9.17, 15) is 28.8 Å². The van der Waals surface area contributed by atoms with Crippen molar-refractivity contribution in [3.8, 4) is 17.2 Å². The molecule has 3 rings (SSSR count). The molecule has 0 aliphatic rings. The maximum absolute atomic E-state index is 15.1. The van der Waals surface area contributed by atoms with Crippen molar-refractivity contribution in [2.75, 3.05) is 0 Å². The summed E-state index contributed by atoms with van der Waals surface area (Å²) < 4.78 is 64.2. The molecular weight excluding hydrogens is 791 g/mol. The first-order valence-electron chi connectivity index (χ1n) is 17.0. The molecule has 0 radical (unpaired) electrons. The van der Waals surface area contributed by atoms with Gasteiger partial charge in [-0.1, -0.05) is 57.7 Å². The number of hydrogen-bond acceptors (Lipinski definition) is 16. The lowest BCUT2D eigenvalue weighted by molar-refractivity contribution is -0.140. The highest BCUT2D eigenvalue weighted by Gasteiger charge is 2.36. The Kier molecular flexibility index (Phi) is 17.9. The molecule has 0 aromatic heterocycles. The lowest BCUT2D eigenvalue weighted by Gasteiger charge is -2.23. The van der Waals surface area contributed by atoms with Crippen molar-refractivity contribution >= 4 is 43.6 Å². The predicted molar refractivity (Wildman–Crippen MR) is 209 cm³/mol. The van der Waals surface area contributed by atoms with Gasteiger partial charge in [0.15, 0.2) is 0 Å². The molecule has 59 heavy (non-hydrogen) atoms. The van der Waals surface area contributed by atoms with Gasteiger partial charge in [-0.2, -0.15) is 4.57 Å². The standard InChI is InChI=1S/C42H39O16P/c1-7-37(43)50-22-28-13-16-34(31(19-28)25-53-40(46)10-4)56-59(49,57-35-17-14-29(23-51-38(44)8-2)20-32(35)26-54-41(47)11-5)58-36-18-15-30(24-52-39(45)9-3)21-33(36)27-55-42(48)12-6/h7-21H,1-6,22-27H2. The van der Waals surface area contributed by atoms with Crippen LogP contribution in [0.4, 0.5) is 0 Å². The van der Waals surface area contributed by atoms with Crippen molar-refractivity contribution in [3.63, 3.8) is 0 Å². The molecule has 0 aliphatic carbocycles. The van der Waals surface area contributed by atoms with Crippen LogP contribution in [-0.4, -0.2) is 35.8 Å². The van der Waals surface area contributed by atoms with E-state index in [2.05, 4.69) is 39.5 Å². The molecule has 0 bridgehead atoms. The molecule has 0 unspecified atom stereocenters. The average Bonchev–Trinajstić information content (AvgIpc) is 3.25. The molecule has 0 spiro atoms. The molecule has 0 saturated heterocycles. The summed E-state index contributed by atoms with van der Waals surface area (Å²) in [5.74, 6) is -5.20. The molecule has 0 atom stereocenters. The lowest BCUT2D eigenvalue weighted by Crippen LogP contribution is -2.13. The zero-order valence-electron chi connectivity index (χ0n) is 31.6. The molecule has 3 aromatic carbocycles. The van der Waals surface area contributed by atoms with Gasteiger partial charge in [-0.15, -0.1) is 0 Å². The van der Waals surface area contributed by atoms with Gasteiger partial charge in [0.05, 0.1) is 0 Å². The predicted octanol–water partition coefficient (Wildman–Crippen LogP) is 6.71. The number of hydrogen-bond donors (Lipinski definition) is 0. The van der Waals surface area contributed by atoms with E-state index in [-0.39, 0.29) is 53.8 Å². The molecule has 0 fully saturated rings. The monoisotopic (exact) mass is 830 g/mol. The van der Waals surface area contributed by atoms with Crippen LogP contribution in [0.1, 0.15) is 33.4 Å². The van der Waals surface area contributed by atoms with Crippen LogP contribution in [0.3, 0.4) is 0 Å². The second-order valence-electron chi connectivity index (χ2n) is 11.4. The van der Waals surface area contributed by atoms with Crippen LogP contribution in [0, 0.1) is 0 Å². The number of carbonyl (C=O) groups is 6. The van der Waals surface area contributed by atoms with Gasteiger partial charge >= 0.3 is 43.6 Å². The third-order valence-corrected chi connectivity index (χ3v) is 8.52. The quantitative estimate of drug-likeness (QED) is 0.0399. The van der Waals surface area contributed by atoms with Gasteiger partial charge in [-0.3, -0.25) is 0 Å². The molecule has 0 N–H and O–H groups in total. The number of esters is 6. The molecule has 3 aromatic rings. The van der Waals surface area contributed by atoms with Crippen LogP contribution < -0.4 is 13.6 Å². The van der Waals surface area contributed by atoms with Crippen molar-refractivity contribution in [3.05, 3.63) is 164 Å². The van der Waals surface area contributed by atoms with Gasteiger partial charge in [0.1, 0.15) is 56.9 Å². The highest BCUT2D eigenvalue weighted by molar-refractivity contribution is 7.49. The van der Waals surface area contributed by atoms with E-state index in [0.29, 0.717) is 16.7 Å². The van der Waals surface area contributed by atoms with Crippen molar-refractivity contribution in [2.24, 2.45) is 0 Å². The highest BCUT2D eigenvalue weighted by Crippen LogP contribution is 2.52. The zero-order valence-corrected chi connectivity index (χ0v) is 32.5. The van der Waals surface area contributed by atoms with Gasteiger partial charge in [-0.25, -0.2) is 28.8 Å². The summed E-state index contributed by atoms with van der Waals surface area (Å²) >= 11 is 0. The number of carbonyl (C=O) groups excluding carboxylic acids is 6. The first kappa shape index (κ1) is 45.9. The highest BCUT2D eigenvalue weighted by atomic mass is 31.2. The molecule has 0 aliphatic heterocycles. The number of rotatable bonds is 24. The summed E-state index contributed by atoms with van der Waals surface area (Å²) in [7, 11) is -5.06. The lowest BCUT2D eigenvalue weighted by atomic mass is 10.1. The van der Waals surface area contributed by atoms with Crippen molar-refractivity contribution in [1.82, 2.24) is 0 Å². The summed E-state index contributed by atoms with van der Waals surface area (Å²) in [6.45, 7) is 18.1. The summed E-state index contributed by atoms with van der Waals surface area (Å²) in [6.07, 6.45) is 5.65. The largest absolute Gasteiger partial charge is 0.647 e. The van der Waals surface area contributed by atoms with E-state index in [1.54, 1.807) is 0 Å². The summed E-state index contributed by atoms with van der Waals surface area (Å²) in [6, 6.07) is 12.6.